The molecule has 2 nitrogen and oxygen atoms in total. The third kappa shape index (κ3) is 2.16. The van der Waals surface area contributed by atoms with Crippen LogP contribution >= 0.6 is 9.24 Å². The molecule has 0 bridgehead atoms. The van der Waals surface area contributed by atoms with Crippen molar-refractivity contribution in [1.29, 1.82) is 0 Å². The summed E-state index contributed by atoms with van der Waals surface area (Å²) >= 11 is 0. The van der Waals surface area contributed by atoms with E-state index in [2.05, 4.69) is 14.2 Å². The van der Waals surface area contributed by atoms with Gasteiger partial charge in [-0.1, -0.05) is 27.4 Å². The van der Waals surface area contributed by atoms with Crippen LogP contribution in [0.1, 0.15) is 0 Å². The smallest absolute Gasteiger partial charge is 0.119 e. The van der Waals surface area contributed by atoms with Crippen LogP contribution in [0, 0.1) is 0 Å². The molecule has 2 rings (SSSR count). The summed E-state index contributed by atoms with van der Waals surface area (Å²) in [6, 6.07) is 11.9. The molecule has 0 amide bonds. The maximum absolute atomic E-state index is 5.19. The van der Waals surface area contributed by atoms with Gasteiger partial charge in [-0.05, 0) is 23.8 Å². The lowest BCUT2D eigenvalue weighted by Crippen LogP contribution is -2.00. The lowest BCUT2D eigenvalue weighted by atomic mass is 10.1. The molecule has 0 aliphatic rings. The predicted molar refractivity (Wildman–Crippen MR) is 65.6 cm³/mol. The minimum Gasteiger partial charge on any atom is -0.497 e. The van der Waals surface area contributed by atoms with Crippen LogP contribution in [-0.2, 0) is 0 Å². The van der Waals surface area contributed by atoms with Gasteiger partial charge in [0.05, 0.1) is 12.5 Å². The number of ether oxygens (including phenoxy) is 1. The first-order valence-electron chi connectivity index (χ1n) is 4.66. The monoisotopic (exact) mass is 217 g/mol. The normalized spacial score (nSPS) is 10.0. The topological polar surface area (TPSA) is 22.1 Å². The van der Waals surface area contributed by atoms with E-state index in [0.717, 1.165) is 22.3 Å². The quantitative estimate of drug-likeness (QED) is 0.720. The average Bonchev–Trinajstić information content (AvgIpc) is 2.30. The van der Waals surface area contributed by atoms with Crippen molar-refractivity contribution in [3.63, 3.8) is 0 Å². The maximum Gasteiger partial charge on any atom is 0.119 e. The van der Waals surface area contributed by atoms with Crippen molar-refractivity contribution in [1.82, 2.24) is 4.98 Å². The Kier molecular flexibility index (Phi) is 2.98. The van der Waals surface area contributed by atoms with Crippen molar-refractivity contribution in [2.75, 3.05) is 7.11 Å². The fraction of sp³-hybridized carbons (Fsp3) is 0.0833. The first kappa shape index (κ1) is 10.1. The standard InChI is InChI=1S/C12H12NOP/c1-14-10-5-2-4-9(8-10)11-6-3-7-13-12(11)15/h2-8H,15H2,1H3. The molecule has 2 aromatic rings. The van der Waals surface area contributed by atoms with Crippen molar-refractivity contribution in [2.24, 2.45) is 0 Å². The number of rotatable bonds is 2. The minimum absolute atomic E-state index is 0.862. The highest BCUT2D eigenvalue weighted by Gasteiger charge is 2.02. The van der Waals surface area contributed by atoms with E-state index in [1.807, 2.05) is 36.4 Å². The van der Waals surface area contributed by atoms with Crippen LogP contribution in [-0.4, -0.2) is 12.1 Å². The molecule has 1 aromatic carbocycles. The molecule has 0 fully saturated rings. The van der Waals surface area contributed by atoms with E-state index in [1.54, 1.807) is 13.3 Å². The van der Waals surface area contributed by atoms with E-state index in [4.69, 9.17) is 4.74 Å². The Balaban J connectivity index is 2.49. The Bertz CT molecular complexity index is 471. The Morgan fingerprint density at radius 2 is 2.07 bits per heavy atom. The van der Waals surface area contributed by atoms with Crippen LogP contribution in [0.2, 0.25) is 0 Å². The summed E-state index contributed by atoms with van der Waals surface area (Å²) in [4.78, 5) is 4.23. The van der Waals surface area contributed by atoms with Crippen molar-refractivity contribution in [3.05, 3.63) is 42.6 Å². The molecule has 0 spiro atoms. The third-order valence-electron chi connectivity index (χ3n) is 2.22. The van der Waals surface area contributed by atoms with Gasteiger partial charge in [0, 0.05) is 11.8 Å². The van der Waals surface area contributed by atoms with Crippen molar-refractivity contribution >= 4 is 14.7 Å². The second-order valence-corrected chi connectivity index (χ2v) is 3.72. The molecule has 15 heavy (non-hydrogen) atoms. The Hall–Kier alpha value is -1.40. The van der Waals surface area contributed by atoms with Gasteiger partial charge in [0.15, 0.2) is 0 Å². The van der Waals surface area contributed by atoms with Crippen molar-refractivity contribution in [2.45, 2.75) is 0 Å². The van der Waals surface area contributed by atoms with Gasteiger partial charge in [-0.15, -0.1) is 0 Å². The predicted octanol–water partition coefficient (Wildman–Crippen LogP) is 2.26. The van der Waals surface area contributed by atoms with E-state index in [-0.39, 0.29) is 0 Å². The zero-order chi connectivity index (χ0) is 10.7. The number of nitrogens with zero attached hydrogens (tertiary/aromatic N) is 1. The number of pyridine rings is 1. The lowest BCUT2D eigenvalue weighted by molar-refractivity contribution is 0.415. The minimum atomic E-state index is 0.862. The molecule has 1 heterocycles. The van der Waals surface area contributed by atoms with E-state index in [0.29, 0.717) is 0 Å². The van der Waals surface area contributed by atoms with Crippen LogP contribution in [0.15, 0.2) is 42.6 Å². The molecule has 0 aliphatic heterocycles. The van der Waals surface area contributed by atoms with Gasteiger partial charge in [0.2, 0.25) is 0 Å². The second kappa shape index (κ2) is 4.41. The van der Waals surface area contributed by atoms with E-state index >= 15 is 0 Å². The summed E-state index contributed by atoms with van der Waals surface area (Å²) in [7, 11) is 4.31. The van der Waals surface area contributed by atoms with Gasteiger partial charge >= 0.3 is 0 Å². The van der Waals surface area contributed by atoms with Gasteiger partial charge in [-0.3, -0.25) is 4.98 Å². The summed E-state index contributed by atoms with van der Waals surface area (Å²) in [5.74, 6) is 0.862. The van der Waals surface area contributed by atoms with Gasteiger partial charge in [0.1, 0.15) is 5.75 Å². The second-order valence-electron chi connectivity index (χ2n) is 3.17. The first-order chi connectivity index (χ1) is 7.31. The highest BCUT2D eigenvalue weighted by Crippen LogP contribution is 2.22. The summed E-state index contributed by atoms with van der Waals surface area (Å²) in [6.45, 7) is 0. The highest BCUT2D eigenvalue weighted by molar-refractivity contribution is 7.27. The molecule has 0 radical (unpaired) electrons. The number of hydrogen-bond acceptors (Lipinski definition) is 2. The van der Waals surface area contributed by atoms with Gasteiger partial charge in [0.25, 0.3) is 0 Å². The Morgan fingerprint density at radius 1 is 1.20 bits per heavy atom. The lowest BCUT2D eigenvalue weighted by Gasteiger charge is -2.06. The molecule has 1 aromatic heterocycles. The maximum atomic E-state index is 5.19. The zero-order valence-corrected chi connectivity index (χ0v) is 9.63. The molecule has 0 saturated carbocycles. The molecular weight excluding hydrogens is 205 g/mol. The number of aromatic nitrogens is 1. The van der Waals surface area contributed by atoms with Crippen molar-refractivity contribution in [3.8, 4) is 16.9 Å². The van der Waals surface area contributed by atoms with Crippen LogP contribution < -0.4 is 10.2 Å². The summed E-state index contributed by atoms with van der Waals surface area (Å²) < 4.78 is 5.19. The number of hydrogen-bond donors (Lipinski definition) is 0. The molecule has 1 unspecified atom stereocenters. The van der Waals surface area contributed by atoms with Gasteiger partial charge in [-0.25, -0.2) is 0 Å². The summed E-state index contributed by atoms with van der Waals surface area (Å²) in [6.07, 6.45) is 1.78. The van der Waals surface area contributed by atoms with Crippen LogP contribution in [0.4, 0.5) is 0 Å². The number of methoxy groups -OCH3 is 1. The molecule has 3 heteroatoms. The number of benzene rings is 1. The van der Waals surface area contributed by atoms with Crippen LogP contribution in [0.3, 0.4) is 0 Å². The first-order valence-corrected chi connectivity index (χ1v) is 5.24. The molecule has 0 aliphatic carbocycles. The summed E-state index contributed by atoms with van der Waals surface area (Å²) in [5.41, 5.74) is 3.18. The molecule has 0 N–H and O–H groups in total. The average molecular weight is 217 g/mol. The fourth-order valence-electron chi connectivity index (χ4n) is 1.45. The third-order valence-corrected chi connectivity index (χ3v) is 2.68. The molecular formula is C12H12NOP. The molecule has 76 valence electrons. The largest absolute Gasteiger partial charge is 0.497 e. The zero-order valence-electron chi connectivity index (χ0n) is 8.47. The van der Waals surface area contributed by atoms with Crippen molar-refractivity contribution < 1.29 is 4.74 Å². The molecule has 0 saturated heterocycles. The van der Waals surface area contributed by atoms with Crippen LogP contribution in [0.25, 0.3) is 11.1 Å². The van der Waals surface area contributed by atoms with E-state index in [1.165, 1.54) is 0 Å². The SMILES string of the molecule is COc1cccc(-c2cccnc2P)c1. The molecule has 1 atom stereocenters. The van der Waals surface area contributed by atoms with Gasteiger partial charge in [-0.2, -0.15) is 0 Å². The van der Waals surface area contributed by atoms with E-state index < -0.39 is 0 Å². The Labute approximate surface area is 91.5 Å². The highest BCUT2D eigenvalue weighted by atomic mass is 31.0. The Morgan fingerprint density at radius 3 is 2.80 bits per heavy atom. The van der Waals surface area contributed by atoms with Crippen LogP contribution in [0.5, 0.6) is 5.75 Å². The van der Waals surface area contributed by atoms with Gasteiger partial charge < -0.3 is 4.74 Å². The van der Waals surface area contributed by atoms with E-state index in [9.17, 15) is 0 Å². The fourth-order valence-corrected chi connectivity index (χ4v) is 1.80. The summed E-state index contributed by atoms with van der Waals surface area (Å²) in [5, 5.41) is 0.